The maximum absolute atomic E-state index is 12.9. The minimum Gasteiger partial charge on any atom is -0.477 e. The second-order valence-electron chi connectivity index (χ2n) is 6.97. The maximum atomic E-state index is 12.9. The van der Waals surface area contributed by atoms with Gasteiger partial charge in [-0.1, -0.05) is 13.8 Å². The molecule has 1 saturated heterocycles. The van der Waals surface area contributed by atoms with E-state index in [0.29, 0.717) is 43.4 Å². The fourth-order valence-electron chi connectivity index (χ4n) is 2.90. The molecule has 0 saturated carbocycles. The van der Waals surface area contributed by atoms with Crippen molar-refractivity contribution in [3.8, 4) is 5.88 Å². The highest BCUT2D eigenvalue weighted by Crippen LogP contribution is 2.27. The average molecular weight is 349 g/mol. The third kappa shape index (κ3) is 5.16. The van der Waals surface area contributed by atoms with Gasteiger partial charge in [-0.2, -0.15) is 0 Å². The van der Waals surface area contributed by atoms with Crippen molar-refractivity contribution in [2.45, 2.75) is 38.7 Å². The Kier molecular flexibility index (Phi) is 6.36. The average Bonchev–Trinajstić information content (AvgIpc) is 2.59. The minimum absolute atomic E-state index is 0.0168. The summed E-state index contributed by atoms with van der Waals surface area (Å²) in [6.07, 6.45) is 2.71. The number of hydrogen-bond acceptors (Lipinski definition) is 5. The number of hydrogen-bond donors (Lipinski definition) is 2. The summed E-state index contributed by atoms with van der Waals surface area (Å²) in [6.45, 7) is 5.17. The first-order chi connectivity index (χ1) is 11.8. The molecule has 1 fully saturated rings. The van der Waals surface area contributed by atoms with Crippen LogP contribution in [-0.2, 0) is 4.79 Å². The smallest absolute Gasteiger partial charge is 0.259 e. The first-order valence-electron chi connectivity index (χ1n) is 8.65. The van der Waals surface area contributed by atoms with Gasteiger partial charge in [-0.25, -0.2) is 4.98 Å². The predicted octanol–water partition coefficient (Wildman–Crippen LogP) is 1.22. The highest BCUT2D eigenvalue weighted by Gasteiger charge is 2.37. The number of likely N-dealkylation sites (tertiary alicyclic amines) is 1. The fourth-order valence-corrected chi connectivity index (χ4v) is 2.90. The monoisotopic (exact) mass is 349 g/mol. The molecule has 2 amide bonds. The van der Waals surface area contributed by atoms with Gasteiger partial charge in [-0.15, -0.1) is 0 Å². The predicted molar refractivity (Wildman–Crippen MR) is 93.3 cm³/mol. The summed E-state index contributed by atoms with van der Waals surface area (Å²) in [5.74, 6) is 0.153. The van der Waals surface area contributed by atoms with E-state index in [9.17, 15) is 14.7 Å². The molecule has 0 aliphatic carbocycles. The van der Waals surface area contributed by atoms with E-state index in [0.717, 1.165) is 0 Å². The van der Waals surface area contributed by atoms with Gasteiger partial charge in [0.2, 0.25) is 11.8 Å². The number of nitrogens with zero attached hydrogens (tertiary/aromatic N) is 2. The lowest BCUT2D eigenvalue weighted by atomic mass is 9.89. The van der Waals surface area contributed by atoms with Gasteiger partial charge < -0.3 is 20.1 Å². The van der Waals surface area contributed by atoms with E-state index in [1.54, 1.807) is 23.2 Å². The Morgan fingerprint density at radius 2 is 2.24 bits per heavy atom. The zero-order chi connectivity index (χ0) is 18.4. The van der Waals surface area contributed by atoms with Crippen molar-refractivity contribution >= 4 is 11.8 Å². The molecule has 25 heavy (non-hydrogen) atoms. The van der Waals surface area contributed by atoms with Crippen LogP contribution in [0.4, 0.5) is 0 Å². The Bertz CT molecular complexity index is 620. The first-order valence-corrected chi connectivity index (χ1v) is 8.65. The lowest BCUT2D eigenvalue weighted by Crippen LogP contribution is -2.52. The van der Waals surface area contributed by atoms with Gasteiger partial charge in [0.1, 0.15) is 5.56 Å². The van der Waals surface area contributed by atoms with E-state index in [2.05, 4.69) is 10.3 Å². The van der Waals surface area contributed by atoms with Crippen LogP contribution in [0.2, 0.25) is 0 Å². The third-order valence-electron chi connectivity index (χ3n) is 4.17. The lowest BCUT2D eigenvalue weighted by Gasteiger charge is -2.39. The van der Waals surface area contributed by atoms with Gasteiger partial charge in [0, 0.05) is 19.8 Å². The maximum Gasteiger partial charge on any atom is 0.259 e. The zero-order valence-corrected chi connectivity index (χ0v) is 15.1. The number of nitrogens with one attached hydrogen (secondary N) is 1. The largest absolute Gasteiger partial charge is 0.477 e. The molecule has 0 bridgehead atoms. The van der Waals surface area contributed by atoms with Crippen molar-refractivity contribution in [2.24, 2.45) is 5.92 Å². The fraction of sp³-hybridized carbons (Fsp3) is 0.611. The number of aromatic nitrogens is 1. The molecule has 1 aromatic rings. The summed E-state index contributed by atoms with van der Waals surface area (Å²) < 4.78 is 5.66. The van der Waals surface area contributed by atoms with E-state index < -0.39 is 5.60 Å². The van der Waals surface area contributed by atoms with Gasteiger partial charge in [0.15, 0.2) is 0 Å². The summed E-state index contributed by atoms with van der Waals surface area (Å²) in [4.78, 5) is 30.3. The van der Waals surface area contributed by atoms with Crippen LogP contribution in [0.3, 0.4) is 0 Å². The van der Waals surface area contributed by atoms with Crippen LogP contribution in [0, 0.1) is 5.92 Å². The van der Waals surface area contributed by atoms with Crippen molar-refractivity contribution < 1.29 is 19.4 Å². The number of aliphatic hydroxyl groups is 1. The second-order valence-corrected chi connectivity index (χ2v) is 6.97. The summed E-state index contributed by atoms with van der Waals surface area (Å²) in [6, 6.07) is 3.37. The van der Waals surface area contributed by atoms with E-state index in [4.69, 9.17) is 4.74 Å². The zero-order valence-electron chi connectivity index (χ0n) is 15.1. The van der Waals surface area contributed by atoms with Crippen molar-refractivity contribution in [3.05, 3.63) is 23.9 Å². The summed E-state index contributed by atoms with van der Waals surface area (Å²) in [5, 5.41) is 13.2. The molecule has 1 aromatic heterocycles. The molecule has 7 nitrogen and oxygen atoms in total. The highest BCUT2D eigenvalue weighted by atomic mass is 16.5. The SMILES string of the molecule is CNC(=O)CC1(O)CCCN(C(=O)c2cccnc2OCC(C)C)C1. The van der Waals surface area contributed by atoms with Crippen molar-refractivity contribution in [1.82, 2.24) is 15.2 Å². The van der Waals surface area contributed by atoms with Crippen LogP contribution in [0.5, 0.6) is 5.88 Å². The van der Waals surface area contributed by atoms with Crippen molar-refractivity contribution in [2.75, 3.05) is 26.7 Å². The number of β-amino-alcohol motifs (C(OH)–C–C–N with tert-alkyl or cyclic N) is 1. The molecule has 1 aliphatic heterocycles. The standard InChI is InChI=1S/C18H27N3O4/c1-13(2)11-25-16-14(6-4-8-20-16)17(23)21-9-5-7-18(24,12-21)10-15(22)19-3/h4,6,8,13,24H,5,7,9-12H2,1-3H3,(H,19,22). The molecular weight excluding hydrogens is 322 g/mol. The third-order valence-corrected chi connectivity index (χ3v) is 4.17. The molecule has 0 spiro atoms. The van der Waals surface area contributed by atoms with Crippen LogP contribution in [-0.4, -0.2) is 59.1 Å². The van der Waals surface area contributed by atoms with Crippen molar-refractivity contribution in [1.29, 1.82) is 0 Å². The quantitative estimate of drug-likeness (QED) is 0.806. The molecule has 2 heterocycles. The number of rotatable bonds is 6. The number of ether oxygens (including phenoxy) is 1. The lowest BCUT2D eigenvalue weighted by molar-refractivity contribution is -0.127. The van der Waals surface area contributed by atoms with E-state index >= 15 is 0 Å². The number of carbonyl (C=O) groups is 2. The number of carbonyl (C=O) groups excluding carboxylic acids is 2. The van der Waals surface area contributed by atoms with Crippen LogP contribution in [0.1, 0.15) is 43.5 Å². The molecule has 0 radical (unpaired) electrons. The summed E-state index contributed by atoms with van der Waals surface area (Å²) in [5.41, 5.74) is -0.817. The van der Waals surface area contributed by atoms with Gasteiger partial charge in [0.25, 0.3) is 5.91 Å². The molecule has 1 unspecified atom stereocenters. The van der Waals surface area contributed by atoms with Gasteiger partial charge >= 0.3 is 0 Å². The number of pyridine rings is 1. The molecular formula is C18H27N3O4. The van der Waals surface area contributed by atoms with Crippen LogP contribution in [0.25, 0.3) is 0 Å². The second kappa shape index (κ2) is 8.29. The Balaban J connectivity index is 2.13. The van der Waals surface area contributed by atoms with Gasteiger partial charge in [-0.3, -0.25) is 9.59 Å². The number of amides is 2. The van der Waals surface area contributed by atoms with Crippen LogP contribution in [0.15, 0.2) is 18.3 Å². The minimum atomic E-state index is -1.20. The topological polar surface area (TPSA) is 91.8 Å². The van der Waals surface area contributed by atoms with Crippen LogP contribution < -0.4 is 10.1 Å². The van der Waals surface area contributed by atoms with Gasteiger partial charge in [0.05, 0.1) is 25.2 Å². The molecule has 2 N–H and O–H groups in total. The van der Waals surface area contributed by atoms with E-state index in [1.807, 2.05) is 13.8 Å². The molecule has 7 heteroatoms. The van der Waals surface area contributed by atoms with Crippen molar-refractivity contribution in [3.63, 3.8) is 0 Å². The Morgan fingerprint density at radius 1 is 1.48 bits per heavy atom. The van der Waals surface area contributed by atoms with E-state index in [1.165, 1.54) is 7.05 Å². The molecule has 1 atom stereocenters. The summed E-state index contributed by atoms with van der Waals surface area (Å²) in [7, 11) is 1.53. The Labute approximate surface area is 148 Å². The Morgan fingerprint density at radius 3 is 2.92 bits per heavy atom. The number of piperidine rings is 1. The molecule has 2 rings (SSSR count). The summed E-state index contributed by atoms with van der Waals surface area (Å²) >= 11 is 0. The molecule has 1 aliphatic rings. The molecule has 0 aromatic carbocycles. The van der Waals surface area contributed by atoms with Crippen LogP contribution >= 0.6 is 0 Å². The molecule has 138 valence electrons. The first kappa shape index (κ1) is 19.2. The Hall–Kier alpha value is -2.15. The normalized spacial score (nSPS) is 20.4. The van der Waals surface area contributed by atoms with E-state index in [-0.39, 0.29) is 24.8 Å². The van der Waals surface area contributed by atoms with Gasteiger partial charge in [-0.05, 0) is 30.9 Å². The highest BCUT2D eigenvalue weighted by molar-refractivity contribution is 5.96.